The number of hydrogen-bond donors (Lipinski definition) is 0. The Morgan fingerprint density at radius 1 is 1.07 bits per heavy atom. The maximum Gasteiger partial charge on any atom is 0.266 e. The predicted octanol–water partition coefficient (Wildman–Crippen LogP) is 6.49. The molecule has 0 N–H and O–H groups in total. The van der Waals surface area contributed by atoms with Gasteiger partial charge in [0.05, 0.1) is 11.4 Å². The first-order valence-corrected chi connectivity index (χ1v) is 10.8. The quantitative estimate of drug-likeness (QED) is 0.332. The lowest BCUT2D eigenvalue weighted by Crippen LogP contribution is -2.27. The summed E-state index contributed by atoms with van der Waals surface area (Å²) in [4.78, 5) is 16.0. The largest absolute Gasteiger partial charge is 0.450 e. The third-order valence-corrected chi connectivity index (χ3v) is 6.52. The molecule has 7 heteroatoms. The number of carbonyl (C=O) groups excluding carboxylic acids is 1. The van der Waals surface area contributed by atoms with Crippen molar-refractivity contribution in [3.8, 4) is 0 Å². The van der Waals surface area contributed by atoms with E-state index in [1.165, 1.54) is 23.5 Å². The smallest absolute Gasteiger partial charge is 0.266 e. The molecule has 0 radical (unpaired) electrons. The molecule has 3 aromatic rings. The van der Waals surface area contributed by atoms with E-state index in [2.05, 4.69) is 0 Å². The number of halogens is 1. The van der Waals surface area contributed by atoms with Gasteiger partial charge in [0.2, 0.25) is 0 Å². The van der Waals surface area contributed by atoms with Crippen molar-refractivity contribution in [3.05, 3.63) is 88.0 Å². The molecular formula is C21H14ClNO2S3. The molecule has 0 atom stereocenters. The second-order valence-electron chi connectivity index (χ2n) is 5.97. The van der Waals surface area contributed by atoms with E-state index in [-0.39, 0.29) is 5.91 Å². The van der Waals surface area contributed by atoms with Crippen LogP contribution >= 0.6 is 47.3 Å². The molecule has 1 aliphatic heterocycles. The van der Waals surface area contributed by atoms with E-state index >= 15 is 0 Å². The number of nitrogens with zero attached hydrogens (tertiary/aromatic N) is 1. The van der Waals surface area contributed by atoms with E-state index in [1.54, 1.807) is 11.0 Å². The van der Waals surface area contributed by atoms with E-state index in [0.29, 0.717) is 26.6 Å². The highest BCUT2D eigenvalue weighted by molar-refractivity contribution is 8.26. The number of amides is 1. The molecule has 1 saturated heterocycles. The minimum Gasteiger partial charge on any atom is -0.450 e. The number of furan rings is 1. The summed E-state index contributed by atoms with van der Waals surface area (Å²) in [6.45, 7) is 0.471. The Morgan fingerprint density at radius 2 is 1.82 bits per heavy atom. The predicted molar refractivity (Wildman–Crippen MR) is 119 cm³/mol. The van der Waals surface area contributed by atoms with Gasteiger partial charge in [-0.1, -0.05) is 77.7 Å². The minimum atomic E-state index is -0.0952. The van der Waals surface area contributed by atoms with Crippen molar-refractivity contribution in [2.45, 2.75) is 16.5 Å². The number of thioether (sulfide) groups is 1. The minimum absolute atomic E-state index is 0.0952. The van der Waals surface area contributed by atoms with Crippen LogP contribution in [0, 0.1) is 0 Å². The molecule has 1 amide bonds. The summed E-state index contributed by atoms with van der Waals surface area (Å²) in [6.07, 6.45) is 1.75. The van der Waals surface area contributed by atoms with E-state index in [1.807, 2.05) is 66.7 Å². The maximum absolute atomic E-state index is 12.7. The standard InChI is InChI=1S/C21H14ClNO2S3/c22-15-6-9-17(10-7-15)27-19-11-8-16(25-19)12-18-20(24)23(21(26)28-18)13-14-4-2-1-3-5-14/h1-12H,13H2/b18-12+. The van der Waals surface area contributed by atoms with Crippen molar-refractivity contribution in [2.75, 3.05) is 0 Å². The Balaban J connectivity index is 1.47. The fourth-order valence-corrected chi connectivity index (χ4v) is 4.76. The Kier molecular flexibility index (Phi) is 5.92. The lowest BCUT2D eigenvalue weighted by Gasteiger charge is -2.14. The summed E-state index contributed by atoms with van der Waals surface area (Å²) in [6, 6.07) is 21.1. The molecule has 0 spiro atoms. The van der Waals surface area contributed by atoms with E-state index < -0.39 is 0 Å². The van der Waals surface area contributed by atoms with Crippen molar-refractivity contribution in [3.63, 3.8) is 0 Å². The van der Waals surface area contributed by atoms with Crippen molar-refractivity contribution in [1.82, 2.24) is 4.90 Å². The number of rotatable bonds is 5. The molecule has 4 rings (SSSR count). The summed E-state index contributed by atoms with van der Waals surface area (Å²) in [5.74, 6) is 0.527. The van der Waals surface area contributed by atoms with Crippen LogP contribution in [0.4, 0.5) is 0 Å². The van der Waals surface area contributed by atoms with Crippen molar-refractivity contribution < 1.29 is 9.21 Å². The zero-order valence-electron chi connectivity index (χ0n) is 14.5. The third kappa shape index (κ3) is 4.52. The summed E-state index contributed by atoms with van der Waals surface area (Å²) in [7, 11) is 0. The molecule has 1 aliphatic rings. The second kappa shape index (κ2) is 8.57. The van der Waals surface area contributed by atoms with Crippen LogP contribution < -0.4 is 0 Å². The molecule has 2 aromatic carbocycles. The summed E-state index contributed by atoms with van der Waals surface area (Å²) < 4.78 is 6.40. The van der Waals surface area contributed by atoms with Crippen LogP contribution in [0.15, 0.2) is 86.0 Å². The summed E-state index contributed by atoms with van der Waals surface area (Å²) >= 11 is 14.1. The molecule has 28 heavy (non-hydrogen) atoms. The van der Waals surface area contributed by atoms with Crippen LogP contribution in [0.25, 0.3) is 6.08 Å². The van der Waals surface area contributed by atoms with Crippen LogP contribution in [-0.2, 0) is 11.3 Å². The first-order chi connectivity index (χ1) is 13.6. The maximum atomic E-state index is 12.7. The van der Waals surface area contributed by atoms with Crippen molar-refractivity contribution in [2.24, 2.45) is 0 Å². The average Bonchev–Trinajstić information content (AvgIpc) is 3.24. The molecule has 2 heterocycles. The molecule has 0 saturated carbocycles. The second-order valence-corrected chi connectivity index (χ2v) is 9.16. The van der Waals surface area contributed by atoms with Gasteiger partial charge in [-0.2, -0.15) is 0 Å². The monoisotopic (exact) mass is 443 g/mol. The molecule has 140 valence electrons. The van der Waals surface area contributed by atoms with Crippen molar-refractivity contribution in [1.29, 1.82) is 0 Å². The average molecular weight is 444 g/mol. The molecule has 0 bridgehead atoms. The SMILES string of the molecule is O=C1/C(=C\c2ccc(Sc3ccc(Cl)cc3)o2)SC(=S)N1Cc1ccccc1. The van der Waals surface area contributed by atoms with Gasteiger partial charge in [0.15, 0.2) is 5.09 Å². The van der Waals surface area contributed by atoms with Crippen LogP contribution in [0.2, 0.25) is 5.02 Å². The molecular weight excluding hydrogens is 430 g/mol. The molecule has 3 nitrogen and oxygen atoms in total. The Labute approximate surface area is 181 Å². The number of hydrogen-bond acceptors (Lipinski definition) is 5. The topological polar surface area (TPSA) is 33.5 Å². The van der Waals surface area contributed by atoms with Gasteiger partial charge in [-0.05, 0) is 42.0 Å². The van der Waals surface area contributed by atoms with E-state index in [9.17, 15) is 4.79 Å². The Bertz CT molecular complexity index is 1050. The number of benzene rings is 2. The first-order valence-electron chi connectivity index (χ1n) is 8.41. The van der Waals surface area contributed by atoms with Gasteiger partial charge >= 0.3 is 0 Å². The van der Waals surface area contributed by atoms with Gasteiger partial charge in [0, 0.05) is 16.0 Å². The van der Waals surface area contributed by atoms with Gasteiger partial charge in [-0.15, -0.1) is 0 Å². The normalized spacial score (nSPS) is 15.6. The zero-order valence-corrected chi connectivity index (χ0v) is 17.7. The molecule has 1 fully saturated rings. The van der Waals surface area contributed by atoms with E-state index in [4.69, 9.17) is 28.2 Å². The highest BCUT2D eigenvalue weighted by Gasteiger charge is 2.32. The molecule has 0 unspecified atom stereocenters. The van der Waals surface area contributed by atoms with E-state index in [0.717, 1.165) is 15.6 Å². The van der Waals surface area contributed by atoms with Crippen LogP contribution in [0.3, 0.4) is 0 Å². The van der Waals surface area contributed by atoms with Gasteiger partial charge in [0.1, 0.15) is 10.1 Å². The lowest BCUT2D eigenvalue weighted by atomic mass is 10.2. The van der Waals surface area contributed by atoms with Crippen LogP contribution in [-0.4, -0.2) is 15.1 Å². The molecule has 1 aromatic heterocycles. The first kappa shape index (κ1) is 19.3. The number of carbonyl (C=O) groups is 1. The highest BCUT2D eigenvalue weighted by atomic mass is 35.5. The zero-order chi connectivity index (χ0) is 19.5. The Morgan fingerprint density at radius 3 is 2.57 bits per heavy atom. The number of thiocarbonyl (C=S) groups is 1. The summed E-state index contributed by atoms with van der Waals surface area (Å²) in [5.41, 5.74) is 1.04. The molecule has 0 aliphatic carbocycles. The van der Waals surface area contributed by atoms with Crippen LogP contribution in [0.5, 0.6) is 0 Å². The van der Waals surface area contributed by atoms with Gasteiger partial charge in [-0.25, -0.2) is 0 Å². The highest BCUT2D eigenvalue weighted by Crippen LogP contribution is 2.35. The van der Waals surface area contributed by atoms with Gasteiger partial charge in [-0.3, -0.25) is 9.69 Å². The Hall–Kier alpha value is -1.99. The third-order valence-electron chi connectivity index (χ3n) is 3.96. The van der Waals surface area contributed by atoms with Crippen molar-refractivity contribution >= 4 is 63.6 Å². The van der Waals surface area contributed by atoms with Crippen LogP contribution in [0.1, 0.15) is 11.3 Å². The fourth-order valence-electron chi connectivity index (χ4n) is 2.62. The lowest BCUT2D eigenvalue weighted by molar-refractivity contribution is -0.122. The summed E-state index contributed by atoms with van der Waals surface area (Å²) in [5, 5.41) is 1.44. The van der Waals surface area contributed by atoms with Gasteiger partial charge in [0.25, 0.3) is 5.91 Å². The fraction of sp³-hybridized carbons (Fsp3) is 0.0476. The van der Waals surface area contributed by atoms with Gasteiger partial charge < -0.3 is 4.42 Å².